The number of tetrazole rings is 1. The molecule has 1 amide bonds. The molecule has 0 saturated carbocycles. The number of carbonyl (C=O) groups is 1. The number of rotatable bonds is 4. The summed E-state index contributed by atoms with van der Waals surface area (Å²) in [4.78, 5) is 16.3. The number of aryl methyl sites for hydroxylation is 1. The Labute approximate surface area is 179 Å². The van der Waals surface area contributed by atoms with Gasteiger partial charge in [0.2, 0.25) is 11.7 Å². The van der Waals surface area contributed by atoms with Crippen LogP contribution in [0.3, 0.4) is 0 Å². The first-order chi connectivity index (χ1) is 14.7. The summed E-state index contributed by atoms with van der Waals surface area (Å²) in [6.07, 6.45) is 6.33. The van der Waals surface area contributed by atoms with Gasteiger partial charge in [0, 0.05) is 30.1 Å². The van der Waals surface area contributed by atoms with E-state index in [1.54, 1.807) is 12.1 Å². The van der Waals surface area contributed by atoms with Crippen molar-refractivity contribution >= 4 is 17.5 Å². The maximum Gasteiger partial charge on any atom is 0.246 e. The molecule has 0 radical (unpaired) electrons. The third-order valence-electron chi connectivity index (χ3n) is 5.84. The number of carbonyl (C=O) groups excluding carboxylic acids is 1. The lowest BCUT2D eigenvalue weighted by Crippen LogP contribution is -2.35. The van der Waals surface area contributed by atoms with Crippen LogP contribution in [-0.2, 0) is 24.3 Å². The Hall–Kier alpha value is -2.81. The van der Waals surface area contributed by atoms with Gasteiger partial charge >= 0.3 is 0 Å². The molecule has 3 aromatic rings. The molecule has 30 heavy (non-hydrogen) atoms. The zero-order valence-electron chi connectivity index (χ0n) is 16.6. The van der Waals surface area contributed by atoms with Crippen molar-refractivity contribution in [2.24, 2.45) is 0 Å². The first-order valence-electron chi connectivity index (χ1n) is 10.4. The molecule has 2 aliphatic heterocycles. The lowest BCUT2D eigenvalue weighted by Gasteiger charge is -2.24. The summed E-state index contributed by atoms with van der Waals surface area (Å²) in [6, 6.07) is 7.19. The normalized spacial score (nSPS) is 19.0. The molecule has 10 heteroatoms. The second-order valence-corrected chi connectivity index (χ2v) is 8.27. The van der Waals surface area contributed by atoms with Gasteiger partial charge in [-0.15, -0.1) is 20.4 Å². The van der Waals surface area contributed by atoms with E-state index in [4.69, 9.17) is 11.6 Å². The smallest absolute Gasteiger partial charge is 0.246 e. The molecule has 2 aromatic heterocycles. The molecule has 1 aromatic carbocycles. The maximum atomic E-state index is 13.1. The van der Waals surface area contributed by atoms with Crippen LogP contribution in [0.1, 0.15) is 49.8 Å². The molecule has 4 heterocycles. The minimum atomic E-state index is -0.0314. The van der Waals surface area contributed by atoms with E-state index in [1.165, 1.54) is 11.2 Å². The summed E-state index contributed by atoms with van der Waals surface area (Å²) in [5.41, 5.74) is 0.809. The Morgan fingerprint density at radius 1 is 1.03 bits per heavy atom. The fraction of sp³-hybridized carbons (Fsp3) is 0.500. The van der Waals surface area contributed by atoms with Gasteiger partial charge < -0.3 is 9.47 Å². The van der Waals surface area contributed by atoms with Crippen LogP contribution < -0.4 is 0 Å². The van der Waals surface area contributed by atoms with Crippen LogP contribution in [0.2, 0.25) is 5.02 Å². The molecule has 0 bridgehead atoms. The Morgan fingerprint density at radius 2 is 1.90 bits per heavy atom. The third-order valence-corrected chi connectivity index (χ3v) is 6.09. The minimum absolute atomic E-state index is 0.0245. The number of likely N-dealkylation sites (tertiary alicyclic amines) is 1. The van der Waals surface area contributed by atoms with Gasteiger partial charge in [0.1, 0.15) is 12.4 Å². The van der Waals surface area contributed by atoms with Crippen LogP contribution in [0, 0.1) is 0 Å². The number of hydrogen-bond donors (Lipinski definition) is 0. The van der Waals surface area contributed by atoms with Crippen molar-refractivity contribution in [1.82, 2.24) is 39.9 Å². The molecule has 1 unspecified atom stereocenters. The summed E-state index contributed by atoms with van der Waals surface area (Å²) in [5.74, 6) is 2.42. The van der Waals surface area contributed by atoms with Crippen LogP contribution in [-0.4, -0.2) is 52.3 Å². The molecule has 1 atom stereocenters. The van der Waals surface area contributed by atoms with Crippen molar-refractivity contribution in [2.75, 3.05) is 6.54 Å². The van der Waals surface area contributed by atoms with E-state index in [-0.39, 0.29) is 18.5 Å². The summed E-state index contributed by atoms with van der Waals surface area (Å²) in [7, 11) is 0. The number of fused-ring (bicyclic) bond motifs is 1. The minimum Gasteiger partial charge on any atom is -0.331 e. The van der Waals surface area contributed by atoms with Crippen LogP contribution in [0.25, 0.3) is 11.4 Å². The van der Waals surface area contributed by atoms with Crippen molar-refractivity contribution in [3.05, 3.63) is 40.9 Å². The molecule has 1 saturated heterocycles. The second kappa shape index (κ2) is 8.14. The van der Waals surface area contributed by atoms with Gasteiger partial charge in [-0.2, -0.15) is 4.80 Å². The largest absolute Gasteiger partial charge is 0.331 e. The molecular weight excluding hydrogens is 404 g/mol. The Balaban J connectivity index is 1.32. The molecular formula is C20H23ClN8O. The van der Waals surface area contributed by atoms with E-state index in [1.807, 2.05) is 17.0 Å². The average Bonchev–Trinajstić information content (AvgIpc) is 3.46. The molecule has 5 rings (SSSR count). The molecule has 0 spiro atoms. The predicted octanol–water partition coefficient (Wildman–Crippen LogP) is 2.68. The van der Waals surface area contributed by atoms with Crippen molar-refractivity contribution in [1.29, 1.82) is 0 Å². The van der Waals surface area contributed by atoms with Gasteiger partial charge in [-0.1, -0.05) is 18.0 Å². The number of aromatic nitrogens is 7. The first kappa shape index (κ1) is 19.2. The fourth-order valence-electron chi connectivity index (χ4n) is 4.32. The lowest BCUT2D eigenvalue weighted by molar-refractivity contribution is -0.133. The summed E-state index contributed by atoms with van der Waals surface area (Å²) in [6.45, 7) is 1.70. The predicted molar refractivity (Wildman–Crippen MR) is 110 cm³/mol. The van der Waals surface area contributed by atoms with Gasteiger partial charge in [-0.05, 0) is 55.2 Å². The summed E-state index contributed by atoms with van der Waals surface area (Å²) < 4.78 is 2.23. The van der Waals surface area contributed by atoms with E-state index in [0.717, 1.165) is 55.9 Å². The molecule has 156 valence electrons. The number of nitrogens with zero attached hydrogens (tertiary/aromatic N) is 8. The summed E-state index contributed by atoms with van der Waals surface area (Å²) in [5, 5.41) is 22.0. The molecule has 2 aliphatic rings. The molecule has 1 fully saturated rings. The first-order valence-corrected chi connectivity index (χ1v) is 10.8. The van der Waals surface area contributed by atoms with Crippen LogP contribution in [0.5, 0.6) is 0 Å². The van der Waals surface area contributed by atoms with E-state index < -0.39 is 0 Å². The van der Waals surface area contributed by atoms with Gasteiger partial charge in [0.15, 0.2) is 5.82 Å². The SMILES string of the molecule is O=C(Cn1nnc(-c2ccc(Cl)cc2)n1)N1CCCC1c1nnc2n1CCCCC2. The molecule has 0 aliphatic carbocycles. The zero-order chi connectivity index (χ0) is 20.5. The molecule has 9 nitrogen and oxygen atoms in total. The fourth-order valence-corrected chi connectivity index (χ4v) is 4.45. The maximum absolute atomic E-state index is 13.1. The van der Waals surface area contributed by atoms with Crippen molar-refractivity contribution in [3.8, 4) is 11.4 Å². The van der Waals surface area contributed by atoms with Gasteiger partial charge in [0.25, 0.3) is 0 Å². The standard InChI is InChI=1S/C20H23ClN8O/c21-15-9-7-14(8-10-15)19-23-26-29(25-19)13-18(30)27-12-4-5-16(27)20-24-22-17-6-2-1-3-11-28(17)20/h7-10,16H,1-6,11-13H2. The number of halogens is 1. The monoisotopic (exact) mass is 426 g/mol. The van der Waals surface area contributed by atoms with Crippen molar-refractivity contribution in [3.63, 3.8) is 0 Å². The Morgan fingerprint density at radius 3 is 2.77 bits per heavy atom. The van der Waals surface area contributed by atoms with E-state index >= 15 is 0 Å². The zero-order valence-corrected chi connectivity index (χ0v) is 17.4. The number of amides is 1. The van der Waals surface area contributed by atoms with E-state index in [0.29, 0.717) is 17.4 Å². The Kier molecular flexibility index (Phi) is 5.20. The highest BCUT2D eigenvalue weighted by molar-refractivity contribution is 6.30. The van der Waals surface area contributed by atoms with E-state index in [2.05, 4.69) is 30.2 Å². The van der Waals surface area contributed by atoms with Crippen molar-refractivity contribution in [2.45, 2.75) is 57.7 Å². The highest BCUT2D eigenvalue weighted by Gasteiger charge is 2.34. The van der Waals surface area contributed by atoms with Crippen LogP contribution >= 0.6 is 11.6 Å². The average molecular weight is 427 g/mol. The van der Waals surface area contributed by atoms with Gasteiger partial charge in [-0.25, -0.2) is 0 Å². The third kappa shape index (κ3) is 3.69. The molecule has 0 N–H and O–H groups in total. The second-order valence-electron chi connectivity index (χ2n) is 7.83. The van der Waals surface area contributed by atoms with Gasteiger partial charge in [0.05, 0.1) is 6.04 Å². The number of benzene rings is 1. The topological polar surface area (TPSA) is 94.6 Å². The van der Waals surface area contributed by atoms with Crippen LogP contribution in [0.15, 0.2) is 24.3 Å². The highest BCUT2D eigenvalue weighted by Crippen LogP contribution is 2.32. The Bertz CT molecular complexity index is 1040. The summed E-state index contributed by atoms with van der Waals surface area (Å²) >= 11 is 5.93. The van der Waals surface area contributed by atoms with Crippen molar-refractivity contribution < 1.29 is 4.79 Å². The quantitative estimate of drug-likeness (QED) is 0.636. The number of hydrogen-bond acceptors (Lipinski definition) is 6. The lowest BCUT2D eigenvalue weighted by atomic mass is 10.2. The van der Waals surface area contributed by atoms with Crippen LogP contribution in [0.4, 0.5) is 0 Å². The van der Waals surface area contributed by atoms with E-state index in [9.17, 15) is 4.79 Å². The van der Waals surface area contributed by atoms with Gasteiger partial charge in [-0.3, -0.25) is 4.79 Å². The highest BCUT2D eigenvalue weighted by atomic mass is 35.5.